The lowest BCUT2D eigenvalue weighted by Crippen LogP contribution is -2.35. The molecule has 4 rings (SSSR count). The number of aliphatic imine (C=N–C) groups is 1. The highest BCUT2D eigenvalue weighted by atomic mass is 79.9. The molecule has 3 aromatic carbocycles. The number of hydrogen-bond donors (Lipinski definition) is 0. The molecule has 4 nitrogen and oxygen atoms in total. The molecule has 1 aliphatic rings. The average molecular weight is 451 g/mol. The maximum absolute atomic E-state index is 5.32. The fourth-order valence-electron chi connectivity index (χ4n) is 3.71. The zero-order valence-electron chi connectivity index (χ0n) is 16.7. The average Bonchev–Trinajstić information content (AvgIpc) is 3.11. The van der Waals surface area contributed by atoms with Gasteiger partial charge in [-0.3, -0.25) is 4.99 Å². The molecule has 0 bridgehead atoms. The van der Waals surface area contributed by atoms with Gasteiger partial charge >= 0.3 is 0 Å². The Morgan fingerprint density at radius 2 is 1.34 bits per heavy atom. The third-order valence-corrected chi connectivity index (χ3v) is 5.79. The Kier molecular flexibility index (Phi) is 5.58. The van der Waals surface area contributed by atoms with E-state index in [1.165, 1.54) is 0 Å². The van der Waals surface area contributed by atoms with Gasteiger partial charge in [0.25, 0.3) is 0 Å². The third kappa shape index (κ3) is 3.87. The Morgan fingerprint density at radius 1 is 0.793 bits per heavy atom. The van der Waals surface area contributed by atoms with Crippen LogP contribution in [0.15, 0.2) is 82.3 Å². The molecule has 2 unspecified atom stereocenters. The fraction of sp³-hybridized carbons (Fsp3) is 0.208. The fourth-order valence-corrected chi connectivity index (χ4v) is 3.98. The number of ether oxygens (including phenoxy) is 2. The summed E-state index contributed by atoms with van der Waals surface area (Å²) in [4.78, 5) is 7.50. The minimum absolute atomic E-state index is 0.103. The van der Waals surface area contributed by atoms with E-state index >= 15 is 0 Å². The molecule has 0 amide bonds. The summed E-state index contributed by atoms with van der Waals surface area (Å²) in [6.45, 7) is 2.20. The molecule has 0 saturated heterocycles. The molecule has 1 heterocycles. The van der Waals surface area contributed by atoms with Gasteiger partial charge < -0.3 is 14.4 Å². The SMILES string of the molecule is COc1ccc(C2=NC(c3ccc(OC)cc3)N(c3ccc(Br)cc3)C2C)cc1. The summed E-state index contributed by atoms with van der Waals surface area (Å²) in [5.74, 6) is 1.69. The van der Waals surface area contributed by atoms with Crippen LogP contribution in [0.3, 0.4) is 0 Å². The van der Waals surface area contributed by atoms with Gasteiger partial charge in [0, 0.05) is 10.2 Å². The van der Waals surface area contributed by atoms with E-state index < -0.39 is 0 Å². The monoisotopic (exact) mass is 450 g/mol. The summed E-state index contributed by atoms with van der Waals surface area (Å²) in [5.41, 5.74) is 4.44. The van der Waals surface area contributed by atoms with Gasteiger partial charge in [-0.2, -0.15) is 0 Å². The van der Waals surface area contributed by atoms with Crippen molar-refractivity contribution >= 4 is 27.3 Å². The Hall–Kier alpha value is -2.79. The lowest BCUT2D eigenvalue weighted by atomic mass is 10.0. The van der Waals surface area contributed by atoms with Crippen LogP contribution in [0.4, 0.5) is 5.69 Å². The second-order valence-electron chi connectivity index (χ2n) is 6.95. The number of nitrogens with zero attached hydrogens (tertiary/aromatic N) is 2. The van der Waals surface area contributed by atoms with Crippen LogP contribution < -0.4 is 14.4 Å². The summed E-state index contributed by atoms with van der Waals surface area (Å²) in [5, 5.41) is 0. The molecule has 1 aliphatic heterocycles. The molecule has 148 valence electrons. The molecule has 0 saturated carbocycles. The first kappa shape index (κ1) is 19.5. The number of anilines is 1. The van der Waals surface area contributed by atoms with Crippen molar-refractivity contribution in [1.29, 1.82) is 0 Å². The Labute approximate surface area is 179 Å². The van der Waals surface area contributed by atoms with E-state index in [2.05, 4.69) is 76.3 Å². The van der Waals surface area contributed by atoms with Crippen molar-refractivity contribution in [2.75, 3.05) is 19.1 Å². The summed E-state index contributed by atoms with van der Waals surface area (Å²) < 4.78 is 11.7. The van der Waals surface area contributed by atoms with E-state index in [9.17, 15) is 0 Å². The van der Waals surface area contributed by atoms with Crippen LogP contribution in [-0.4, -0.2) is 26.0 Å². The lowest BCUT2D eigenvalue weighted by Gasteiger charge is -2.30. The third-order valence-electron chi connectivity index (χ3n) is 5.26. The number of methoxy groups -OCH3 is 2. The van der Waals surface area contributed by atoms with Crippen LogP contribution in [0.5, 0.6) is 11.5 Å². The molecular weight excluding hydrogens is 428 g/mol. The van der Waals surface area contributed by atoms with Crippen LogP contribution in [0.25, 0.3) is 0 Å². The Balaban J connectivity index is 1.76. The second kappa shape index (κ2) is 8.29. The Bertz CT molecular complexity index is 999. The standard InChI is InChI=1S/C24H23BrN2O2/c1-16-23(17-4-12-21(28-2)13-5-17)26-24(18-6-14-22(29-3)15-7-18)27(16)20-10-8-19(25)9-11-20/h4-16,24H,1-3H3. The highest BCUT2D eigenvalue weighted by Crippen LogP contribution is 2.38. The van der Waals surface area contributed by atoms with E-state index in [0.29, 0.717) is 0 Å². The first-order chi connectivity index (χ1) is 14.1. The maximum atomic E-state index is 5.32. The highest BCUT2D eigenvalue weighted by Gasteiger charge is 2.35. The van der Waals surface area contributed by atoms with Gasteiger partial charge in [0.15, 0.2) is 0 Å². The Morgan fingerprint density at radius 3 is 1.90 bits per heavy atom. The van der Waals surface area contributed by atoms with Gasteiger partial charge in [-0.25, -0.2) is 0 Å². The zero-order chi connectivity index (χ0) is 20.4. The molecule has 0 radical (unpaired) electrons. The first-order valence-corrected chi connectivity index (χ1v) is 10.3. The number of benzene rings is 3. The van der Waals surface area contributed by atoms with Gasteiger partial charge in [-0.15, -0.1) is 0 Å². The smallest absolute Gasteiger partial charge is 0.148 e. The van der Waals surface area contributed by atoms with Crippen LogP contribution in [0, 0.1) is 0 Å². The second-order valence-corrected chi connectivity index (χ2v) is 7.87. The minimum atomic E-state index is -0.103. The summed E-state index contributed by atoms with van der Waals surface area (Å²) in [6.07, 6.45) is -0.103. The van der Waals surface area contributed by atoms with Crippen molar-refractivity contribution in [3.05, 3.63) is 88.4 Å². The van der Waals surface area contributed by atoms with E-state index in [1.807, 2.05) is 24.3 Å². The first-order valence-electron chi connectivity index (χ1n) is 9.50. The lowest BCUT2D eigenvalue weighted by molar-refractivity contribution is 0.414. The summed E-state index contributed by atoms with van der Waals surface area (Å²) in [6, 6.07) is 24.8. The van der Waals surface area contributed by atoms with Crippen LogP contribution in [0.1, 0.15) is 24.2 Å². The molecular formula is C24H23BrN2O2. The number of halogens is 1. The van der Waals surface area contributed by atoms with Crippen molar-refractivity contribution in [3.8, 4) is 11.5 Å². The van der Waals surface area contributed by atoms with E-state index in [1.54, 1.807) is 14.2 Å². The molecule has 0 spiro atoms. The summed E-state index contributed by atoms with van der Waals surface area (Å²) >= 11 is 3.53. The largest absolute Gasteiger partial charge is 0.497 e. The van der Waals surface area contributed by atoms with E-state index in [4.69, 9.17) is 14.5 Å². The van der Waals surface area contributed by atoms with E-state index in [0.717, 1.165) is 38.5 Å². The molecule has 5 heteroatoms. The van der Waals surface area contributed by atoms with Crippen molar-refractivity contribution < 1.29 is 9.47 Å². The van der Waals surface area contributed by atoms with Crippen molar-refractivity contribution in [3.63, 3.8) is 0 Å². The van der Waals surface area contributed by atoms with Gasteiger partial charge in [-0.1, -0.05) is 28.1 Å². The zero-order valence-corrected chi connectivity index (χ0v) is 18.3. The van der Waals surface area contributed by atoms with Crippen molar-refractivity contribution in [1.82, 2.24) is 0 Å². The van der Waals surface area contributed by atoms with Gasteiger partial charge in [0.05, 0.1) is 26.0 Å². The van der Waals surface area contributed by atoms with Gasteiger partial charge in [0.1, 0.15) is 17.7 Å². The molecule has 0 fully saturated rings. The van der Waals surface area contributed by atoms with Crippen molar-refractivity contribution in [2.45, 2.75) is 19.1 Å². The van der Waals surface area contributed by atoms with Gasteiger partial charge in [-0.05, 0) is 78.7 Å². The molecule has 29 heavy (non-hydrogen) atoms. The number of hydrogen-bond acceptors (Lipinski definition) is 4. The topological polar surface area (TPSA) is 34.1 Å². The summed E-state index contributed by atoms with van der Waals surface area (Å²) in [7, 11) is 3.36. The number of rotatable bonds is 5. The molecule has 0 aliphatic carbocycles. The molecule has 0 N–H and O–H groups in total. The van der Waals surface area contributed by atoms with Gasteiger partial charge in [0.2, 0.25) is 0 Å². The normalized spacial score (nSPS) is 18.5. The highest BCUT2D eigenvalue weighted by molar-refractivity contribution is 9.10. The quantitative estimate of drug-likeness (QED) is 0.487. The van der Waals surface area contributed by atoms with Crippen LogP contribution in [-0.2, 0) is 0 Å². The molecule has 3 aromatic rings. The molecule has 2 atom stereocenters. The van der Waals surface area contributed by atoms with Crippen LogP contribution >= 0.6 is 15.9 Å². The predicted octanol–water partition coefficient (Wildman–Crippen LogP) is 5.86. The maximum Gasteiger partial charge on any atom is 0.148 e. The predicted molar refractivity (Wildman–Crippen MR) is 121 cm³/mol. The van der Waals surface area contributed by atoms with Crippen LogP contribution in [0.2, 0.25) is 0 Å². The van der Waals surface area contributed by atoms with E-state index in [-0.39, 0.29) is 12.2 Å². The van der Waals surface area contributed by atoms with Crippen molar-refractivity contribution in [2.24, 2.45) is 4.99 Å². The minimum Gasteiger partial charge on any atom is -0.497 e. The molecule has 0 aromatic heterocycles.